The Labute approximate surface area is 81.4 Å². The first-order valence-electron chi connectivity index (χ1n) is 3.64. The van der Waals surface area contributed by atoms with Crippen LogP contribution in [-0.4, -0.2) is 12.6 Å². The summed E-state index contributed by atoms with van der Waals surface area (Å²) in [6.07, 6.45) is -5.08. The SMILES string of the molecule is Nc1ccc(F)c(OC(F)(F)F)c1C=O. The third-order valence-electron chi connectivity index (χ3n) is 1.52. The molecule has 1 aromatic carbocycles. The first kappa shape index (κ1) is 11.3. The second-order valence-electron chi connectivity index (χ2n) is 2.55. The summed E-state index contributed by atoms with van der Waals surface area (Å²) in [5.41, 5.74) is 4.23. The molecule has 0 spiro atoms. The highest BCUT2D eigenvalue weighted by Crippen LogP contribution is 2.31. The molecule has 0 bridgehead atoms. The van der Waals surface area contributed by atoms with Gasteiger partial charge in [-0.15, -0.1) is 13.2 Å². The molecule has 15 heavy (non-hydrogen) atoms. The van der Waals surface area contributed by atoms with Crippen molar-refractivity contribution in [2.75, 3.05) is 5.73 Å². The molecule has 0 atom stereocenters. The number of alkyl halides is 3. The molecule has 0 aliphatic rings. The van der Waals surface area contributed by atoms with Gasteiger partial charge in [0, 0.05) is 5.69 Å². The van der Waals surface area contributed by atoms with E-state index in [1.807, 2.05) is 0 Å². The van der Waals surface area contributed by atoms with Crippen molar-refractivity contribution in [1.82, 2.24) is 0 Å². The average molecular weight is 223 g/mol. The van der Waals surface area contributed by atoms with Crippen molar-refractivity contribution >= 4 is 12.0 Å². The fourth-order valence-corrected chi connectivity index (χ4v) is 0.929. The number of rotatable bonds is 2. The van der Waals surface area contributed by atoms with Gasteiger partial charge in [-0.05, 0) is 12.1 Å². The average Bonchev–Trinajstić information content (AvgIpc) is 2.10. The molecule has 3 nitrogen and oxygen atoms in total. The van der Waals surface area contributed by atoms with Crippen molar-refractivity contribution in [2.45, 2.75) is 6.36 Å². The number of hydrogen-bond acceptors (Lipinski definition) is 3. The van der Waals surface area contributed by atoms with E-state index in [9.17, 15) is 22.4 Å². The number of carbonyl (C=O) groups excluding carboxylic acids is 1. The van der Waals surface area contributed by atoms with E-state index in [1.54, 1.807) is 0 Å². The van der Waals surface area contributed by atoms with Gasteiger partial charge in [0.25, 0.3) is 0 Å². The molecule has 82 valence electrons. The molecule has 0 amide bonds. The predicted octanol–water partition coefficient (Wildman–Crippen LogP) is 2.12. The second-order valence-corrected chi connectivity index (χ2v) is 2.55. The van der Waals surface area contributed by atoms with Crippen molar-refractivity contribution in [3.63, 3.8) is 0 Å². The van der Waals surface area contributed by atoms with E-state index in [2.05, 4.69) is 4.74 Å². The van der Waals surface area contributed by atoms with Gasteiger partial charge in [0.2, 0.25) is 0 Å². The molecule has 0 unspecified atom stereocenters. The van der Waals surface area contributed by atoms with Gasteiger partial charge < -0.3 is 10.5 Å². The fourth-order valence-electron chi connectivity index (χ4n) is 0.929. The van der Waals surface area contributed by atoms with Gasteiger partial charge in [-0.3, -0.25) is 4.79 Å². The summed E-state index contributed by atoms with van der Waals surface area (Å²) >= 11 is 0. The number of hydrogen-bond donors (Lipinski definition) is 1. The van der Waals surface area contributed by atoms with Crippen LogP contribution in [-0.2, 0) is 0 Å². The maximum absolute atomic E-state index is 12.9. The number of benzene rings is 1. The topological polar surface area (TPSA) is 52.3 Å². The number of halogens is 4. The Bertz CT molecular complexity index is 389. The molecule has 0 radical (unpaired) electrons. The Hall–Kier alpha value is -1.79. The molecule has 0 aliphatic carbocycles. The fraction of sp³-hybridized carbons (Fsp3) is 0.125. The van der Waals surface area contributed by atoms with Gasteiger partial charge in [-0.1, -0.05) is 0 Å². The van der Waals surface area contributed by atoms with Crippen molar-refractivity contribution in [3.05, 3.63) is 23.5 Å². The number of nitrogen functional groups attached to an aromatic ring is 1. The van der Waals surface area contributed by atoms with Gasteiger partial charge in [0.1, 0.15) is 0 Å². The van der Waals surface area contributed by atoms with Crippen molar-refractivity contribution in [3.8, 4) is 5.75 Å². The van der Waals surface area contributed by atoms with Gasteiger partial charge in [0.05, 0.1) is 5.56 Å². The van der Waals surface area contributed by atoms with Gasteiger partial charge >= 0.3 is 6.36 Å². The molecule has 1 rings (SSSR count). The summed E-state index contributed by atoms with van der Waals surface area (Å²) in [6, 6.07) is 1.66. The normalized spacial score (nSPS) is 11.2. The monoisotopic (exact) mass is 223 g/mol. The van der Waals surface area contributed by atoms with Crippen LogP contribution in [0.3, 0.4) is 0 Å². The smallest absolute Gasteiger partial charge is 0.402 e. The summed E-state index contributed by atoms with van der Waals surface area (Å²) in [7, 11) is 0. The molecular formula is C8H5F4NO2. The number of aldehydes is 1. The van der Waals surface area contributed by atoms with E-state index in [4.69, 9.17) is 5.73 Å². The Morgan fingerprint density at radius 1 is 1.33 bits per heavy atom. The Morgan fingerprint density at radius 2 is 1.93 bits per heavy atom. The molecule has 0 fully saturated rings. The highest BCUT2D eigenvalue weighted by atomic mass is 19.4. The first-order valence-corrected chi connectivity index (χ1v) is 3.64. The summed E-state index contributed by atoms with van der Waals surface area (Å²) in [6.45, 7) is 0. The predicted molar refractivity (Wildman–Crippen MR) is 42.9 cm³/mol. The summed E-state index contributed by atoms with van der Waals surface area (Å²) in [5, 5.41) is 0. The molecule has 0 heterocycles. The van der Waals surface area contributed by atoms with Gasteiger partial charge in [-0.2, -0.15) is 0 Å². The van der Waals surface area contributed by atoms with Crippen molar-refractivity contribution in [1.29, 1.82) is 0 Å². The number of anilines is 1. The lowest BCUT2D eigenvalue weighted by atomic mass is 10.1. The Balaban J connectivity index is 3.25. The van der Waals surface area contributed by atoms with E-state index in [-0.39, 0.29) is 12.0 Å². The van der Waals surface area contributed by atoms with E-state index >= 15 is 0 Å². The quantitative estimate of drug-likeness (QED) is 0.474. The Morgan fingerprint density at radius 3 is 2.40 bits per heavy atom. The van der Waals surface area contributed by atoms with E-state index in [1.165, 1.54) is 0 Å². The van der Waals surface area contributed by atoms with E-state index in [0.717, 1.165) is 6.07 Å². The van der Waals surface area contributed by atoms with Crippen LogP contribution >= 0.6 is 0 Å². The number of ether oxygens (including phenoxy) is 1. The zero-order valence-electron chi connectivity index (χ0n) is 7.14. The first-order chi connectivity index (χ1) is 6.85. The lowest BCUT2D eigenvalue weighted by Crippen LogP contribution is -2.19. The van der Waals surface area contributed by atoms with Crippen LogP contribution in [0.25, 0.3) is 0 Å². The van der Waals surface area contributed by atoms with Crippen LogP contribution in [0.4, 0.5) is 23.2 Å². The summed E-state index contributed by atoms with van der Waals surface area (Å²) in [5.74, 6) is -2.51. The minimum absolute atomic E-state index is 0.000509. The third kappa shape index (κ3) is 2.58. The van der Waals surface area contributed by atoms with Crippen LogP contribution in [0.1, 0.15) is 10.4 Å². The Kier molecular flexibility index (Phi) is 2.83. The van der Waals surface area contributed by atoms with Crippen LogP contribution in [0.15, 0.2) is 12.1 Å². The zero-order valence-corrected chi connectivity index (χ0v) is 7.14. The van der Waals surface area contributed by atoms with Crippen LogP contribution < -0.4 is 10.5 Å². The van der Waals surface area contributed by atoms with Crippen LogP contribution in [0, 0.1) is 5.82 Å². The maximum Gasteiger partial charge on any atom is 0.573 e. The lowest BCUT2D eigenvalue weighted by molar-refractivity contribution is -0.275. The molecule has 2 N–H and O–H groups in total. The molecular weight excluding hydrogens is 218 g/mol. The summed E-state index contributed by atoms with van der Waals surface area (Å²) < 4.78 is 51.7. The third-order valence-corrected chi connectivity index (χ3v) is 1.52. The largest absolute Gasteiger partial charge is 0.573 e. The standard InChI is InChI=1S/C8H5F4NO2/c9-5-1-2-6(13)4(3-14)7(5)15-8(10,11)12/h1-3H,13H2. The van der Waals surface area contributed by atoms with Gasteiger partial charge in [0.15, 0.2) is 17.9 Å². The summed E-state index contributed by atoms with van der Waals surface area (Å²) in [4.78, 5) is 10.4. The maximum atomic E-state index is 12.9. The zero-order chi connectivity index (χ0) is 11.6. The van der Waals surface area contributed by atoms with Crippen molar-refractivity contribution in [2.24, 2.45) is 0 Å². The highest BCUT2D eigenvalue weighted by Gasteiger charge is 2.34. The minimum atomic E-state index is -5.08. The lowest BCUT2D eigenvalue weighted by Gasteiger charge is -2.12. The molecule has 0 saturated heterocycles. The number of nitrogens with two attached hydrogens (primary N) is 1. The second kappa shape index (κ2) is 3.76. The van der Waals surface area contributed by atoms with Crippen molar-refractivity contribution < 1.29 is 27.1 Å². The molecule has 0 aromatic heterocycles. The van der Waals surface area contributed by atoms with Crippen LogP contribution in [0.5, 0.6) is 5.75 Å². The van der Waals surface area contributed by atoms with Gasteiger partial charge in [-0.25, -0.2) is 4.39 Å². The highest BCUT2D eigenvalue weighted by molar-refractivity contribution is 5.87. The molecule has 0 saturated carbocycles. The molecule has 7 heteroatoms. The minimum Gasteiger partial charge on any atom is -0.402 e. The number of carbonyl (C=O) groups is 1. The van der Waals surface area contributed by atoms with E-state index < -0.39 is 23.5 Å². The molecule has 0 aliphatic heterocycles. The van der Waals surface area contributed by atoms with E-state index in [0.29, 0.717) is 6.07 Å². The van der Waals surface area contributed by atoms with Crippen LogP contribution in [0.2, 0.25) is 0 Å². The molecule has 1 aromatic rings.